The fourth-order valence-corrected chi connectivity index (χ4v) is 5.17. The molecule has 2 aromatic carbocycles. The lowest BCUT2D eigenvalue weighted by molar-refractivity contribution is -0.117. The summed E-state index contributed by atoms with van der Waals surface area (Å²) in [5.41, 5.74) is 5.65. The fourth-order valence-electron chi connectivity index (χ4n) is 5.17. The van der Waals surface area contributed by atoms with Gasteiger partial charge in [0.2, 0.25) is 5.91 Å². The number of nitrogens with one attached hydrogen (secondary N) is 1. The second kappa shape index (κ2) is 9.82. The van der Waals surface area contributed by atoms with Gasteiger partial charge in [-0.05, 0) is 73.8 Å². The fraction of sp³-hybridized carbons (Fsp3) is 0.393. The summed E-state index contributed by atoms with van der Waals surface area (Å²) in [5.74, 6) is 0.881. The molecule has 1 amide bonds. The molecule has 5 heteroatoms. The zero-order valence-corrected chi connectivity index (χ0v) is 18.9. The van der Waals surface area contributed by atoms with Crippen LogP contribution < -0.4 is 5.32 Å². The number of fused-ring (bicyclic) bond motifs is 3. The summed E-state index contributed by atoms with van der Waals surface area (Å²) in [4.78, 5) is 22.8. The highest BCUT2D eigenvalue weighted by atomic mass is 19.1. The normalized spacial score (nSPS) is 15.5. The van der Waals surface area contributed by atoms with Crippen molar-refractivity contribution in [3.8, 4) is 11.3 Å². The number of anilines is 1. The third-order valence-corrected chi connectivity index (χ3v) is 6.94. The second-order valence-electron chi connectivity index (χ2n) is 9.36. The van der Waals surface area contributed by atoms with Gasteiger partial charge in [-0.3, -0.25) is 4.79 Å². The standard InChI is InChI=1S/C28H30FN3O/c29-22-13-14-23-21(18-22)12-16-24-27(23)30-25(15-11-19-7-3-1-4-8-19)28(31-24)32-26(33)17-20-9-5-2-6-10-20/h1,3-4,7-8,13-14,18,20H,2,5-6,9-12,15-17H2,(H,31,32,33). The van der Waals surface area contributed by atoms with Crippen molar-refractivity contribution < 1.29 is 9.18 Å². The van der Waals surface area contributed by atoms with Crippen LogP contribution in [0.15, 0.2) is 48.5 Å². The topological polar surface area (TPSA) is 54.9 Å². The number of benzene rings is 2. The Morgan fingerprint density at radius 2 is 1.79 bits per heavy atom. The molecule has 0 spiro atoms. The van der Waals surface area contributed by atoms with Crippen molar-refractivity contribution in [2.75, 3.05) is 5.32 Å². The predicted octanol–water partition coefficient (Wildman–Crippen LogP) is 6.08. The monoisotopic (exact) mass is 443 g/mol. The number of hydrogen-bond donors (Lipinski definition) is 1. The molecule has 0 unspecified atom stereocenters. The molecule has 5 rings (SSSR count). The molecule has 0 aliphatic heterocycles. The molecule has 4 nitrogen and oxygen atoms in total. The van der Waals surface area contributed by atoms with E-state index in [4.69, 9.17) is 9.97 Å². The molecule has 0 atom stereocenters. The molecule has 2 aliphatic rings. The van der Waals surface area contributed by atoms with Gasteiger partial charge in [-0.25, -0.2) is 14.4 Å². The highest BCUT2D eigenvalue weighted by Crippen LogP contribution is 2.34. The first-order valence-corrected chi connectivity index (χ1v) is 12.2. The Balaban J connectivity index is 1.43. The van der Waals surface area contributed by atoms with Gasteiger partial charge in [0.25, 0.3) is 0 Å². The van der Waals surface area contributed by atoms with E-state index in [-0.39, 0.29) is 11.7 Å². The Hall–Kier alpha value is -3.08. The van der Waals surface area contributed by atoms with Gasteiger partial charge in [-0.15, -0.1) is 0 Å². The van der Waals surface area contributed by atoms with Crippen molar-refractivity contribution in [2.24, 2.45) is 5.92 Å². The molecule has 3 aromatic rings. The van der Waals surface area contributed by atoms with Crippen molar-refractivity contribution in [1.29, 1.82) is 0 Å². The van der Waals surface area contributed by atoms with E-state index < -0.39 is 0 Å². The van der Waals surface area contributed by atoms with Gasteiger partial charge < -0.3 is 5.32 Å². The Kier molecular flexibility index (Phi) is 6.47. The number of amides is 1. The molecule has 1 saturated carbocycles. The quantitative estimate of drug-likeness (QED) is 0.503. The minimum absolute atomic E-state index is 0.0374. The minimum Gasteiger partial charge on any atom is -0.309 e. The third-order valence-electron chi connectivity index (χ3n) is 6.94. The summed E-state index contributed by atoms with van der Waals surface area (Å²) in [6.07, 6.45) is 9.47. The van der Waals surface area contributed by atoms with Crippen molar-refractivity contribution in [2.45, 2.75) is 64.2 Å². The number of aryl methyl sites for hydroxylation is 4. The van der Waals surface area contributed by atoms with E-state index >= 15 is 0 Å². The SMILES string of the molecule is O=C(CC1CCCCC1)Nc1nc2c(nc1CCc1ccccc1)-c1ccc(F)cc1CC2. The van der Waals surface area contributed by atoms with Crippen LogP contribution in [0.1, 0.15) is 61.0 Å². The lowest BCUT2D eigenvalue weighted by atomic mass is 9.87. The number of carbonyl (C=O) groups is 1. The number of halogens is 1. The number of carbonyl (C=O) groups excluding carboxylic acids is 1. The Morgan fingerprint density at radius 3 is 2.61 bits per heavy atom. The highest BCUT2D eigenvalue weighted by molar-refractivity contribution is 5.90. The van der Waals surface area contributed by atoms with E-state index in [0.717, 1.165) is 53.9 Å². The molecular weight excluding hydrogens is 413 g/mol. The van der Waals surface area contributed by atoms with E-state index in [1.807, 2.05) is 18.2 Å². The molecule has 1 N–H and O–H groups in total. The van der Waals surface area contributed by atoms with Gasteiger partial charge in [-0.1, -0.05) is 49.6 Å². The summed E-state index contributed by atoms with van der Waals surface area (Å²) < 4.78 is 13.8. The van der Waals surface area contributed by atoms with Crippen molar-refractivity contribution in [3.63, 3.8) is 0 Å². The van der Waals surface area contributed by atoms with Crippen LogP contribution in [0.2, 0.25) is 0 Å². The summed E-state index contributed by atoms with van der Waals surface area (Å²) in [6.45, 7) is 0. The van der Waals surface area contributed by atoms with Gasteiger partial charge in [0.15, 0.2) is 5.82 Å². The van der Waals surface area contributed by atoms with E-state index in [2.05, 4.69) is 17.4 Å². The summed E-state index contributed by atoms with van der Waals surface area (Å²) in [6, 6.07) is 15.2. The second-order valence-corrected chi connectivity index (χ2v) is 9.36. The molecule has 2 aliphatic carbocycles. The van der Waals surface area contributed by atoms with Crippen LogP contribution in [-0.2, 0) is 30.5 Å². The zero-order chi connectivity index (χ0) is 22.6. The average molecular weight is 444 g/mol. The van der Waals surface area contributed by atoms with Crippen LogP contribution in [0.25, 0.3) is 11.3 Å². The van der Waals surface area contributed by atoms with Gasteiger partial charge >= 0.3 is 0 Å². The first kappa shape index (κ1) is 21.7. The van der Waals surface area contributed by atoms with Gasteiger partial charge in [-0.2, -0.15) is 0 Å². The Labute approximate surface area is 194 Å². The summed E-state index contributed by atoms with van der Waals surface area (Å²) in [5, 5.41) is 3.10. The number of aromatic nitrogens is 2. The maximum Gasteiger partial charge on any atom is 0.225 e. The summed E-state index contributed by atoms with van der Waals surface area (Å²) >= 11 is 0. The third kappa shape index (κ3) is 5.13. The van der Waals surface area contributed by atoms with Crippen molar-refractivity contribution in [3.05, 3.63) is 76.9 Å². The highest BCUT2D eigenvalue weighted by Gasteiger charge is 2.24. The van der Waals surface area contributed by atoms with Crippen molar-refractivity contribution in [1.82, 2.24) is 9.97 Å². The van der Waals surface area contributed by atoms with Crippen LogP contribution in [0.4, 0.5) is 10.2 Å². The van der Waals surface area contributed by atoms with Gasteiger partial charge in [0.05, 0.1) is 17.1 Å². The Bertz CT molecular complexity index is 1140. The first-order valence-electron chi connectivity index (χ1n) is 12.2. The smallest absolute Gasteiger partial charge is 0.225 e. The number of nitrogens with zero attached hydrogens (tertiary/aromatic N) is 2. The van der Waals surface area contributed by atoms with E-state index in [0.29, 0.717) is 31.0 Å². The van der Waals surface area contributed by atoms with E-state index in [9.17, 15) is 9.18 Å². The molecule has 0 radical (unpaired) electrons. The molecular formula is C28H30FN3O. The van der Waals surface area contributed by atoms with E-state index in [1.54, 1.807) is 12.1 Å². The van der Waals surface area contributed by atoms with Crippen LogP contribution in [0.5, 0.6) is 0 Å². The van der Waals surface area contributed by atoms with Crippen LogP contribution in [-0.4, -0.2) is 15.9 Å². The number of rotatable bonds is 6. The zero-order valence-electron chi connectivity index (χ0n) is 18.9. The minimum atomic E-state index is -0.221. The maximum atomic E-state index is 13.8. The molecule has 1 fully saturated rings. The Morgan fingerprint density at radius 1 is 0.970 bits per heavy atom. The predicted molar refractivity (Wildman–Crippen MR) is 129 cm³/mol. The molecule has 33 heavy (non-hydrogen) atoms. The van der Waals surface area contributed by atoms with Gasteiger partial charge in [0, 0.05) is 12.0 Å². The average Bonchev–Trinajstić information content (AvgIpc) is 2.83. The lowest BCUT2D eigenvalue weighted by Crippen LogP contribution is -2.21. The molecule has 1 aromatic heterocycles. The maximum absolute atomic E-state index is 13.8. The van der Waals surface area contributed by atoms with Crippen LogP contribution in [0, 0.1) is 11.7 Å². The number of hydrogen-bond acceptors (Lipinski definition) is 3. The van der Waals surface area contributed by atoms with E-state index in [1.165, 1.54) is 30.9 Å². The lowest BCUT2D eigenvalue weighted by Gasteiger charge is -2.23. The van der Waals surface area contributed by atoms with Crippen LogP contribution in [0.3, 0.4) is 0 Å². The largest absolute Gasteiger partial charge is 0.309 e. The van der Waals surface area contributed by atoms with Crippen molar-refractivity contribution >= 4 is 11.7 Å². The first-order chi connectivity index (χ1) is 16.2. The molecule has 170 valence electrons. The molecule has 0 saturated heterocycles. The summed E-state index contributed by atoms with van der Waals surface area (Å²) in [7, 11) is 0. The van der Waals surface area contributed by atoms with Crippen LogP contribution >= 0.6 is 0 Å². The molecule has 0 bridgehead atoms. The molecule has 1 heterocycles. The van der Waals surface area contributed by atoms with Gasteiger partial charge in [0.1, 0.15) is 5.82 Å².